The average molecular weight is 607 g/mol. The Kier molecular flexibility index (Phi) is 7.16. The van der Waals surface area contributed by atoms with Gasteiger partial charge >= 0.3 is 0 Å². The third kappa shape index (κ3) is 4.83. The number of hydrogen-bond acceptors (Lipinski definition) is 3. The standard InChI is InChI=1S/C30H29BrClN5S/c1-20-12-16-35(17-13-20)26-11-10-23(19-24(26)32)37-29(28(34-30(37)38)25-8-2-3-14-33-25)27-9-5-15-36(27)22-7-4-6-21(31)18-22/h2-11,14-15,18-20,28-29H,12-13,16-17H2,1H3,(H,34,38)/t28-,29+/m1/s1. The molecule has 0 spiro atoms. The Labute approximate surface area is 242 Å². The van der Waals surface area contributed by atoms with Gasteiger partial charge in [-0.05, 0) is 91.6 Å². The van der Waals surface area contributed by atoms with Crippen LogP contribution in [0, 0.1) is 5.92 Å². The fourth-order valence-corrected chi connectivity index (χ4v) is 6.61. The molecule has 0 radical (unpaired) electrons. The number of piperidine rings is 1. The summed E-state index contributed by atoms with van der Waals surface area (Å²) in [6, 6.07) is 24.7. The molecule has 0 bridgehead atoms. The predicted molar refractivity (Wildman–Crippen MR) is 163 cm³/mol. The number of benzene rings is 2. The number of nitrogens with zero attached hydrogens (tertiary/aromatic N) is 4. The van der Waals surface area contributed by atoms with E-state index < -0.39 is 0 Å². The molecule has 0 amide bonds. The van der Waals surface area contributed by atoms with Gasteiger partial charge in [-0.2, -0.15) is 0 Å². The second kappa shape index (κ2) is 10.7. The molecule has 38 heavy (non-hydrogen) atoms. The number of thiocarbonyl (C=S) groups is 1. The van der Waals surface area contributed by atoms with Crippen molar-refractivity contribution >= 4 is 56.2 Å². The third-order valence-corrected chi connectivity index (χ3v) is 8.71. The van der Waals surface area contributed by atoms with Crippen LogP contribution in [0.3, 0.4) is 0 Å². The molecule has 2 saturated heterocycles. The smallest absolute Gasteiger partial charge is 0.174 e. The number of pyridine rings is 1. The van der Waals surface area contributed by atoms with Gasteiger partial charge in [0.05, 0.1) is 22.4 Å². The van der Waals surface area contributed by atoms with E-state index in [-0.39, 0.29) is 12.1 Å². The Morgan fingerprint density at radius 3 is 2.55 bits per heavy atom. The van der Waals surface area contributed by atoms with E-state index in [0.717, 1.165) is 57.0 Å². The molecule has 2 aromatic carbocycles. The van der Waals surface area contributed by atoms with Crippen LogP contribution in [0.5, 0.6) is 0 Å². The van der Waals surface area contributed by atoms with Crippen molar-refractivity contribution in [2.24, 2.45) is 5.92 Å². The maximum atomic E-state index is 6.94. The Hall–Kier alpha value is -2.87. The summed E-state index contributed by atoms with van der Waals surface area (Å²) in [6.45, 7) is 4.40. The van der Waals surface area contributed by atoms with Crippen molar-refractivity contribution in [2.45, 2.75) is 31.8 Å². The van der Waals surface area contributed by atoms with Crippen LogP contribution < -0.4 is 15.1 Å². The number of anilines is 2. The summed E-state index contributed by atoms with van der Waals surface area (Å²) in [6.07, 6.45) is 6.31. The molecule has 2 aliphatic heterocycles. The monoisotopic (exact) mass is 605 g/mol. The zero-order valence-corrected chi connectivity index (χ0v) is 24.3. The predicted octanol–water partition coefficient (Wildman–Crippen LogP) is 7.70. The highest BCUT2D eigenvalue weighted by Gasteiger charge is 2.42. The molecule has 5 nitrogen and oxygen atoms in total. The second-order valence-electron chi connectivity index (χ2n) is 10.1. The van der Waals surface area contributed by atoms with Crippen molar-refractivity contribution < 1.29 is 0 Å². The van der Waals surface area contributed by atoms with E-state index in [1.807, 2.05) is 24.4 Å². The number of rotatable bonds is 5. The van der Waals surface area contributed by atoms with Gasteiger partial charge in [0, 0.05) is 47.0 Å². The van der Waals surface area contributed by atoms with Crippen LogP contribution in [0.1, 0.15) is 43.2 Å². The molecule has 0 unspecified atom stereocenters. The van der Waals surface area contributed by atoms with Crippen LogP contribution in [0.15, 0.2) is 89.7 Å². The van der Waals surface area contributed by atoms with Crippen molar-refractivity contribution in [1.29, 1.82) is 0 Å². The van der Waals surface area contributed by atoms with Gasteiger partial charge in [0.2, 0.25) is 0 Å². The fourth-order valence-electron chi connectivity index (χ4n) is 5.58. The minimum absolute atomic E-state index is 0.133. The van der Waals surface area contributed by atoms with Crippen molar-refractivity contribution in [2.75, 3.05) is 22.9 Å². The Morgan fingerprint density at radius 2 is 1.82 bits per heavy atom. The van der Waals surface area contributed by atoms with Gasteiger partial charge in [0.15, 0.2) is 5.11 Å². The minimum Gasteiger partial charge on any atom is -0.370 e. The topological polar surface area (TPSA) is 36.3 Å². The quantitative estimate of drug-likeness (QED) is 0.236. The van der Waals surface area contributed by atoms with E-state index in [2.05, 4.69) is 103 Å². The lowest BCUT2D eigenvalue weighted by molar-refractivity contribution is 0.438. The first-order valence-electron chi connectivity index (χ1n) is 13.0. The summed E-state index contributed by atoms with van der Waals surface area (Å²) in [7, 11) is 0. The summed E-state index contributed by atoms with van der Waals surface area (Å²) in [4.78, 5) is 9.29. The largest absolute Gasteiger partial charge is 0.370 e. The molecule has 194 valence electrons. The Balaban J connectivity index is 1.42. The van der Waals surface area contributed by atoms with Crippen LogP contribution >= 0.6 is 39.7 Å². The molecule has 4 heterocycles. The van der Waals surface area contributed by atoms with Crippen molar-refractivity contribution in [3.63, 3.8) is 0 Å². The molecule has 6 rings (SSSR count). The maximum Gasteiger partial charge on any atom is 0.174 e. The van der Waals surface area contributed by atoms with Crippen LogP contribution in [0.2, 0.25) is 5.02 Å². The summed E-state index contributed by atoms with van der Waals surface area (Å²) in [5.74, 6) is 0.767. The lowest BCUT2D eigenvalue weighted by Crippen LogP contribution is -2.33. The molecule has 2 atom stereocenters. The molecule has 4 aromatic rings. The summed E-state index contributed by atoms with van der Waals surface area (Å²) < 4.78 is 3.25. The molecular weight excluding hydrogens is 578 g/mol. The van der Waals surface area contributed by atoms with Gasteiger partial charge in [-0.25, -0.2) is 0 Å². The van der Waals surface area contributed by atoms with E-state index in [9.17, 15) is 0 Å². The number of aromatic nitrogens is 2. The molecule has 2 aliphatic rings. The van der Waals surface area contributed by atoms with Crippen molar-refractivity contribution in [1.82, 2.24) is 14.9 Å². The zero-order chi connectivity index (χ0) is 26.2. The van der Waals surface area contributed by atoms with E-state index in [1.54, 1.807) is 0 Å². The van der Waals surface area contributed by atoms with Gasteiger partial charge in [-0.1, -0.05) is 46.6 Å². The van der Waals surface area contributed by atoms with Gasteiger partial charge in [-0.3, -0.25) is 4.98 Å². The molecule has 1 N–H and O–H groups in total. The molecule has 0 saturated carbocycles. The summed E-state index contributed by atoms with van der Waals surface area (Å²) in [5.41, 5.74) is 5.18. The Bertz CT molecular complexity index is 1450. The fraction of sp³-hybridized carbons (Fsp3) is 0.267. The average Bonchev–Trinajstić information content (AvgIpc) is 3.54. The van der Waals surface area contributed by atoms with Crippen molar-refractivity contribution in [3.8, 4) is 5.69 Å². The van der Waals surface area contributed by atoms with Crippen LogP contribution in [-0.4, -0.2) is 27.8 Å². The normalized spacial score (nSPS) is 20.1. The molecule has 8 heteroatoms. The van der Waals surface area contributed by atoms with E-state index >= 15 is 0 Å². The van der Waals surface area contributed by atoms with Gasteiger partial charge in [0.25, 0.3) is 0 Å². The highest BCUT2D eigenvalue weighted by atomic mass is 79.9. The van der Waals surface area contributed by atoms with Gasteiger partial charge in [-0.15, -0.1) is 0 Å². The van der Waals surface area contributed by atoms with E-state index in [1.165, 1.54) is 12.8 Å². The zero-order valence-electron chi connectivity index (χ0n) is 21.1. The third-order valence-electron chi connectivity index (χ3n) is 7.60. The van der Waals surface area contributed by atoms with Crippen LogP contribution in [-0.2, 0) is 0 Å². The molecule has 0 aliphatic carbocycles. The van der Waals surface area contributed by atoms with Crippen molar-refractivity contribution in [3.05, 3.63) is 106 Å². The molecule has 2 fully saturated rings. The lowest BCUT2D eigenvalue weighted by Gasteiger charge is -2.33. The second-order valence-corrected chi connectivity index (χ2v) is 11.8. The highest BCUT2D eigenvalue weighted by molar-refractivity contribution is 9.10. The summed E-state index contributed by atoms with van der Waals surface area (Å²) >= 11 is 16.5. The number of hydrogen-bond donors (Lipinski definition) is 1. The highest BCUT2D eigenvalue weighted by Crippen LogP contribution is 2.44. The van der Waals surface area contributed by atoms with Crippen LogP contribution in [0.25, 0.3) is 5.69 Å². The van der Waals surface area contributed by atoms with Gasteiger partial charge in [0.1, 0.15) is 6.04 Å². The van der Waals surface area contributed by atoms with Gasteiger partial charge < -0.3 is 19.7 Å². The molecular formula is C30H29BrClN5S. The first kappa shape index (κ1) is 25.4. The maximum absolute atomic E-state index is 6.94. The van der Waals surface area contributed by atoms with E-state index in [0.29, 0.717) is 5.11 Å². The SMILES string of the molecule is CC1CCN(c2ccc(N3C(=S)N[C@H](c4ccccn4)[C@@H]3c3cccn3-c3cccc(Br)c3)cc2Cl)CC1. The molecule has 2 aromatic heterocycles. The summed E-state index contributed by atoms with van der Waals surface area (Å²) in [5, 5.41) is 4.98. The van der Waals surface area contributed by atoms with Crippen LogP contribution in [0.4, 0.5) is 11.4 Å². The first-order chi connectivity index (χ1) is 18.5. The number of nitrogens with one attached hydrogen (secondary N) is 1. The first-order valence-corrected chi connectivity index (χ1v) is 14.6. The Morgan fingerprint density at radius 1 is 0.974 bits per heavy atom. The van der Waals surface area contributed by atoms with E-state index in [4.69, 9.17) is 28.8 Å². The number of halogens is 2. The minimum atomic E-state index is -0.135. The lowest BCUT2D eigenvalue weighted by atomic mass is 9.98.